The summed E-state index contributed by atoms with van der Waals surface area (Å²) in [6.07, 6.45) is 0. The normalized spacial score (nSPS) is 20.1. The van der Waals surface area contributed by atoms with Gasteiger partial charge in [0.1, 0.15) is 0 Å². The number of nitro benzene ring substituents is 1. The van der Waals surface area contributed by atoms with Crippen molar-refractivity contribution in [2.45, 2.75) is 45.4 Å². The summed E-state index contributed by atoms with van der Waals surface area (Å²) < 4.78 is 11.9. The summed E-state index contributed by atoms with van der Waals surface area (Å²) in [7, 11) is -0.640. The molecule has 0 saturated carbocycles. The first-order valence-electron chi connectivity index (χ1n) is 6.51. The second kappa shape index (κ2) is 4.84. The molecule has 0 aliphatic carbocycles. The van der Waals surface area contributed by atoms with Gasteiger partial charge in [-0.25, -0.2) is 0 Å². The van der Waals surface area contributed by atoms with E-state index in [1.54, 1.807) is 6.07 Å². The Morgan fingerprint density at radius 1 is 1.25 bits per heavy atom. The summed E-state index contributed by atoms with van der Waals surface area (Å²) >= 11 is 0. The number of benzene rings is 1. The molecule has 1 heterocycles. The van der Waals surface area contributed by atoms with E-state index in [9.17, 15) is 10.1 Å². The van der Waals surface area contributed by atoms with Crippen molar-refractivity contribution in [3.8, 4) is 0 Å². The fourth-order valence-electron chi connectivity index (χ4n) is 2.07. The van der Waals surface area contributed by atoms with Crippen molar-refractivity contribution in [2.75, 3.05) is 0 Å². The van der Waals surface area contributed by atoms with Crippen molar-refractivity contribution in [3.05, 3.63) is 33.9 Å². The van der Waals surface area contributed by atoms with Crippen LogP contribution in [-0.4, -0.2) is 23.2 Å². The van der Waals surface area contributed by atoms with Crippen LogP contribution in [0.5, 0.6) is 0 Å². The lowest BCUT2D eigenvalue weighted by Crippen LogP contribution is -2.41. The number of non-ortho nitro benzene ring substituents is 1. The number of nitrogens with two attached hydrogens (primary N) is 1. The second-order valence-corrected chi connectivity index (χ2v) is 5.93. The maximum atomic E-state index is 10.9. The number of hydrogen-bond donors (Lipinski definition) is 1. The van der Waals surface area contributed by atoms with Gasteiger partial charge in [0, 0.05) is 18.7 Å². The number of nitro groups is 1. The molecule has 6 nitrogen and oxygen atoms in total. The lowest BCUT2D eigenvalue weighted by atomic mass is 9.75. The smallest absolute Gasteiger partial charge is 0.399 e. The molecule has 0 bridgehead atoms. The van der Waals surface area contributed by atoms with Gasteiger partial charge >= 0.3 is 7.12 Å². The number of rotatable bonds is 3. The van der Waals surface area contributed by atoms with Gasteiger partial charge in [-0.1, -0.05) is 6.07 Å². The van der Waals surface area contributed by atoms with Crippen molar-refractivity contribution in [2.24, 2.45) is 5.73 Å². The molecule has 0 amide bonds. The SMILES string of the molecule is CC1(C)OB(c2cc([N+](=O)[O-])ccc2CN)OC1(C)C. The highest BCUT2D eigenvalue weighted by Gasteiger charge is 2.52. The van der Waals surface area contributed by atoms with Crippen molar-refractivity contribution in [1.82, 2.24) is 0 Å². The van der Waals surface area contributed by atoms with Gasteiger partial charge in [0.15, 0.2) is 0 Å². The molecule has 0 atom stereocenters. The van der Waals surface area contributed by atoms with Gasteiger partial charge < -0.3 is 15.0 Å². The molecule has 1 fully saturated rings. The Labute approximate surface area is 118 Å². The van der Waals surface area contributed by atoms with Crippen LogP contribution < -0.4 is 11.2 Å². The van der Waals surface area contributed by atoms with Gasteiger partial charge in [-0.3, -0.25) is 10.1 Å². The number of hydrogen-bond acceptors (Lipinski definition) is 5. The van der Waals surface area contributed by atoms with E-state index in [0.29, 0.717) is 5.46 Å². The molecule has 7 heteroatoms. The summed E-state index contributed by atoms with van der Waals surface area (Å²) in [5, 5.41) is 10.9. The van der Waals surface area contributed by atoms with Crippen molar-refractivity contribution in [3.63, 3.8) is 0 Å². The zero-order valence-corrected chi connectivity index (χ0v) is 12.2. The van der Waals surface area contributed by atoms with E-state index in [0.717, 1.165) is 5.56 Å². The molecule has 1 aliphatic rings. The molecule has 0 spiro atoms. The minimum Gasteiger partial charge on any atom is -0.399 e. The molecule has 20 heavy (non-hydrogen) atoms. The molecule has 1 aromatic rings. The molecule has 1 aliphatic heterocycles. The monoisotopic (exact) mass is 278 g/mol. The molecule has 0 unspecified atom stereocenters. The topological polar surface area (TPSA) is 87.6 Å². The van der Waals surface area contributed by atoms with Crippen LogP contribution in [0.25, 0.3) is 0 Å². The Kier molecular flexibility index (Phi) is 3.62. The van der Waals surface area contributed by atoms with Crippen LogP contribution >= 0.6 is 0 Å². The first-order valence-corrected chi connectivity index (χ1v) is 6.51. The van der Waals surface area contributed by atoms with Gasteiger partial charge in [0.2, 0.25) is 0 Å². The average molecular weight is 278 g/mol. The lowest BCUT2D eigenvalue weighted by Gasteiger charge is -2.32. The fraction of sp³-hybridized carbons (Fsp3) is 0.538. The third-order valence-corrected chi connectivity index (χ3v) is 4.07. The first kappa shape index (κ1) is 15.0. The van der Waals surface area contributed by atoms with E-state index in [1.807, 2.05) is 27.7 Å². The van der Waals surface area contributed by atoms with E-state index in [1.165, 1.54) is 12.1 Å². The van der Waals surface area contributed by atoms with Crippen LogP contribution in [0.2, 0.25) is 0 Å². The molecule has 1 saturated heterocycles. The zero-order valence-electron chi connectivity index (χ0n) is 12.2. The highest BCUT2D eigenvalue weighted by Crippen LogP contribution is 2.36. The van der Waals surface area contributed by atoms with Gasteiger partial charge in [0.05, 0.1) is 16.1 Å². The molecular weight excluding hydrogens is 259 g/mol. The van der Waals surface area contributed by atoms with Crippen molar-refractivity contribution in [1.29, 1.82) is 0 Å². The largest absolute Gasteiger partial charge is 0.495 e. The van der Waals surface area contributed by atoms with Crippen LogP contribution in [-0.2, 0) is 15.9 Å². The predicted octanol–water partition coefficient (Wildman–Crippen LogP) is 1.35. The minimum atomic E-state index is -0.640. The maximum absolute atomic E-state index is 10.9. The summed E-state index contributed by atoms with van der Waals surface area (Å²) in [5.41, 5.74) is 6.13. The molecular formula is C13H19BN2O4. The lowest BCUT2D eigenvalue weighted by molar-refractivity contribution is -0.384. The quantitative estimate of drug-likeness (QED) is 0.512. The van der Waals surface area contributed by atoms with Crippen LogP contribution in [0, 0.1) is 10.1 Å². The van der Waals surface area contributed by atoms with Crippen molar-refractivity contribution < 1.29 is 14.2 Å². The van der Waals surface area contributed by atoms with E-state index < -0.39 is 23.2 Å². The minimum absolute atomic E-state index is 0.00640. The number of nitrogens with zero attached hydrogens (tertiary/aromatic N) is 1. The molecule has 0 aromatic heterocycles. The Balaban J connectivity index is 2.43. The highest BCUT2D eigenvalue weighted by molar-refractivity contribution is 6.62. The maximum Gasteiger partial charge on any atom is 0.495 e. The molecule has 108 valence electrons. The van der Waals surface area contributed by atoms with Crippen LogP contribution in [0.1, 0.15) is 33.3 Å². The summed E-state index contributed by atoms with van der Waals surface area (Å²) in [5.74, 6) is 0. The molecule has 1 aromatic carbocycles. The Bertz CT molecular complexity index is 529. The average Bonchev–Trinajstić information content (AvgIpc) is 2.57. The van der Waals surface area contributed by atoms with Crippen LogP contribution in [0.15, 0.2) is 18.2 Å². The molecule has 0 radical (unpaired) electrons. The van der Waals surface area contributed by atoms with Gasteiger partial charge in [-0.2, -0.15) is 0 Å². The molecule has 2 N–H and O–H groups in total. The zero-order chi connectivity index (χ0) is 15.1. The summed E-state index contributed by atoms with van der Waals surface area (Å²) in [6.45, 7) is 8.02. The third kappa shape index (κ3) is 2.44. The third-order valence-electron chi connectivity index (χ3n) is 4.07. The van der Waals surface area contributed by atoms with E-state index in [-0.39, 0.29) is 12.2 Å². The van der Waals surface area contributed by atoms with E-state index in [2.05, 4.69) is 0 Å². The first-order chi connectivity index (χ1) is 9.18. The van der Waals surface area contributed by atoms with Crippen LogP contribution in [0.4, 0.5) is 5.69 Å². The highest BCUT2D eigenvalue weighted by atomic mass is 16.7. The predicted molar refractivity (Wildman–Crippen MR) is 76.7 cm³/mol. The van der Waals surface area contributed by atoms with Gasteiger partial charge in [0.25, 0.3) is 5.69 Å². The van der Waals surface area contributed by atoms with Gasteiger partial charge in [-0.05, 0) is 38.7 Å². The molecule has 2 rings (SSSR count). The fourth-order valence-corrected chi connectivity index (χ4v) is 2.07. The van der Waals surface area contributed by atoms with Gasteiger partial charge in [-0.15, -0.1) is 0 Å². The summed E-state index contributed by atoms with van der Waals surface area (Å²) in [6, 6.07) is 4.57. The Morgan fingerprint density at radius 2 is 1.80 bits per heavy atom. The van der Waals surface area contributed by atoms with Crippen LogP contribution in [0.3, 0.4) is 0 Å². The van der Waals surface area contributed by atoms with Crippen molar-refractivity contribution >= 4 is 18.3 Å². The standard InChI is InChI=1S/C13H19BN2O4/c1-12(2)13(3,4)20-14(19-12)11-7-10(16(17)18)6-5-9(11)8-15/h5-7H,8,15H2,1-4H3. The summed E-state index contributed by atoms with van der Waals surface area (Å²) in [4.78, 5) is 10.5. The Hall–Kier alpha value is -1.44. The Morgan fingerprint density at radius 3 is 2.25 bits per heavy atom. The second-order valence-electron chi connectivity index (χ2n) is 5.93. The van der Waals surface area contributed by atoms with E-state index in [4.69, 9.17) is 15.0 Å². The van der Waals surface area contributed by atoms with E-state index >= 15 is 0 Å².